The number of nitrogens with one attached hydrogen (secondary N) is 1. The summed E-state index contributed by atoms with van der Waals surface area (Å²) in [7, 11) is 3.24. The zero-order valence-electron chi connectivity index (χ0n) is 7.98. The van der Waals surface area contributed by atoms with Gasteiger partial charge in [0.2, 0.25) is 0 Å². The van der Waals surface area contributed by atoms with E-state index < -0.39 is 4.92 Å². The van der Waals surface area contributed by atoms with E-state index in [1.807, 2.05) is 0 Å². The Morgan fingerprint density at radius 2 is 2.33 bits per heavy atom. The van der Waals surface area contributed by atoms with E-state index in [9.17, 15) is 10.1 Å². The summed E-state index contributed by atoms with van der Waals surface area (Å²) in [5.41, 5.74) is 1.07. The van der Waals surface area contributed by atoms with Crippen molar-refractivity contribution in [2.75, 3.05) is 0 Å². The van der Waals surface area contributed by atoms with Crippen molar-refractivity contribution in [2.45, 2.75) is 6.92 Å². The Bertz CT molecular complexity index is 533. The summed E-state index contributed by atoms with van der Waals surface area (Å²) in [5.74, 6) is 0.965. The van der Waals surface area contributed by atoms with Gasteiger partial charge in [-0.05, 0) is 6.92 Å². The van der Waals surface area contributed by atoms with Gasteiger partial charge in [0, 0.05) is 6.07 Å². The molecule has 0 aliphatic carbocycles. The molecule has 15 heavy (non-hydrogen) atoms. The Kier molecular flexibility index (Phi) is 2.03. The fraction of sp³-hybridized carbons (Fsp3) is 0.111. The first-order chi connectivity index (χ1) is 7.11. The first-order valence-electron chi connectivity index (χ1n) is 4.18. The second kappa shape index (κ2) is 3.23. The van der Waals surface area contributed by atoms with Crippen molar-refractivity contribution in [2.24, 2.45) is 0 Å². The van der Waals surface area contributed by atoms with Gasteiger partial charge in [-0.15, -0.1) is 0 Å². The molecule has 2 rings (SSSR count). The van der Waals surface area contributed by atoms with Crippen molar-refractivity contribution in [3.8, 4) is 5.75 Å². The van der Waals surface area contributed by atoms with Gasteiger partial charge >= 0.3 is 0 Å². The number of nitro groups is 1. The van der Waals surface area contributed by atoms with E-state index in [0.717, 1.165) is 0 Å². The molecule has 6 nitrogen and oxygen atoms in total. The largest absolute Gasteiger partial charge is 0.487 e. The Morgan fingerprint density at radius 1 is 1.60 bits per heavy atom. The predicted octanol–water partition coefficient (Wildman–Crippen LogP) is 1.95. The Balaban J connectivity index is 2.76. The minimum atomic E-state index is -0.488. The van der Waals surface area contributed by atoms with E-state index in [4.69, 9.17) is 4.74 Å². The highest BCUT2D eigenvalue weighted by Crippen LogP contribution is 2.29. The molecule has 1 heterocycles. The fourth-order valence-corrected chi connectivity index (χ4v) is 1.41. The number of aromatic nitrogens is 2. The molecule has 1 aromatic carbocycles. The zero-order valence-corrected chi connectivity index (χ0v) is 7.98. The molecule has 0 fully saturated rings. The maximum absolute atomic E-state index is 10.6. The van der Waals surface area contributed by atoms with Crippen LogP contribution in [-0.2, 0) is 0 Å². The summed E-state index contributed by atoms with van der Waals surface area (Å²) >= 11 is 0. The number of aryl methyl sites for hydroxylation is 1. The molecule has 0 atom stereocenters. The lowest BCUT2D eigenvalue weighted by Gasteiger charge is -1.99. The summed E-state index contributed by atoms with van der Waals surface area (Å²) in [5, 5.41) is 10.6. The van der Waals surface area contributed by atoms with Crippen molar-refractivity contribution in [1.29, 1.82) is 0 Å². The van der Waals surface area contributed by atoms with E-state index >= 15 is 0 Å². The maximum Gasteiger partial charge on any atom is 0.275 e. The Hall–Kier alpha value is -2.11. The molecule has 2 aromatic rings. The Morgan fingerprint density at radius 3 is 2.93 bits per heavy atom. The van der Waals surface area contributed by atoms with Gasteiger partial charge < -0.3 is 9.72 Å². The minimum Gasteiger partial charge on any atom is -0.487 e. The number of imidazole rings is 1. The van der Waals surface area contributed by atoms with Crippen LogP contribution in [0.5, 0.6) is 5.75 Å². The lowest BCUT2D eigenvalue weighted by molar-refractivity contribution is -0.384. The van der Waals surface area contributed by atoms with E-state index in [-0.39, 0.29) is 5.69 Å². The molecular formula is C9H8N3O3. The number of hydrogen-bond acceptors (Lipinski definition) is 4. The van der Waals surface area contributed by atoms with Crippen molar-refractivity contribution in [1.82, 2.24) is 9.97 Å². The molecule has 1 aromatic heterocycles. The van der Waals surface area contributed by atoms with Crippen LogP contribution in [0.2, 0.25) is 0 Å². The number of hydrogen-bond donors (Lipinski definition) is 1. The normalized spacial score (nSPS) is 10.5. The second-order valence-electron chi connectivity index (χ2n) is 3.06. The molecule has 0 unspecified atom stereocenters. The SMILES string of the molecule is [CH2]Oc1cc([N+](=O)[O-])cc2[nH]c(C)nc12. The van der Waals surface area contributed by atoms with Crippen LogP contribution < -0.4 is 4.74 Å². The molecule has 0 aliphatic heterocycles. The molecule has 0 spiro atoms. The molecule has 0 aliphatic rings. The van der Waals surface area contributed by atoms with Gasteiger partial charge in [0.05, 0.1) is 16.5 Å². The summed E-state index contributed by atoms with van der Waals surface area (Å²) in [6.07, 6.45) is 0. The third-order valence-corrected chi connectivity index (χ3v) is 2.02. The van der Waals surface area contributed by atoms with Crippen LogP contribution in [-0.4, -0.2) is 14.9 Å². The van der Waals surface area contributed by atoms with Gasteiger partial charge in [-0.3, -0.25) is 10.1 Å². The van der Waals surface area contributed by atoms with Crippen molar-refractivity contribution < 1.29 is 9.66 Å². The van der Waals surface area contributed by atoms with E-state index in [1.54, 1.807) is 6.92 Å². The number of ether oxygens (including phenoxy) is 1. The molecule has 1 N–H and O–H groups in total. The average Bonchev–Trinajstić information content (AvgIpc) is 2.56. The van der Waals surface area contributed by atoms with Gasteiger partial charge in [-0.2, -0.15) is 0 Å². The monoisotopic (exact) mass is 206 g/mol. The van der Waals surface area contributed by atoms with Crippen LogP contribution in [0.15, 0.2) is 12.1 Å². The molecule has 77 valence electrons. The van der Waals surface area contributed by atoms with Crippen molar-refractivity contribution in [3.05, 3.63) is 35.2 Å². The quantitative estimate of drug-likeness (QED) is 0.601. The number of fused-ring (bicyclic) bond motifs is 1. The lowest BCUT2D eigenvalue weighted by atomic mass is 10.2. The summed E-state index contributed by atoms with van der Waals surface area (Å²) in [6.45, 7) is 1.76. The van der Waals surface area contributed by atoms with Gasteiger partial charge in [0.15, 0.2) is 5.75 Å². The summed E-state index contributed by atoms with van der Waals surface area (Å²) in [4.78, 5) is 17.2. The smallest absolute Gasteiger partial charge is 0.275 e. The maximum atomic E-state index is 10.6. The molecule has 0 saturated heterocycles. The molecule has 0 saturated carbocycles. The number of non-ortho nitro benzene ring substituents is 1. The standard InChI is InChI=1S/C9H8N3O3/c1-5-10-7-3-6(12(13)14)4-8(15-2)9(7)11-5/h3-4H,2H2,1H3,(H,10,11). The first-order valence-corrected chi connectivity index (χ1v) is 4.18. The summed E-state index contributed by atoms with van der Waals surface area (Å²) in [6, 6.07) is 2.72. The number of nitro benzene ring substituents is 1. The molecular weight excluding hydrogens is 198 g/mol. The fourth-order valence-electron chi connectivity index (χ4n) is 1.41. The van der Waals surface area contributed by atoms with Gasteiger partial charge in [-0.25, -0.2) is 4.98 Å². The van der Waals surface area contributed by atoms with Crippen LogP contribution in [0.25, 0.3) is 11.0 Å². The highest BCUT2D eigenvalue weighted by Gasteiger charge is 2.14. The topological polar surface area (TPSA) is 81.0 Å². The highest BCUT2D eigenvalue weighted by atomic mass is 16.6. The van der Waals surface area contributed by atoms with Gasteiger partial charge in [0.1, 0.15) is 18.5 Å². The third-order valence-electron chi connectivity index (χ3n) is 2.02. The first kappa shape index (κ1) is 9.45. The number of rotatable bonds is 2. The molecule has 0 amide bonds. The number of aromatic amines is 1. The predicted molar refractivity (Wildman–Crippen MR) is 53.5 cm³/mol. The molecule has 1 radical (unpaired) electrons. The third kappa shape index (κ3) is 1.50. The van der Waals surface area contributed by atoms with Crippen LogP contribution in [0.3, 0.4) is 0 Å². The second-order valence-corrected chi connectivity index (χ2v) is 3.06. The minimum absolute atomic E-state index is 0.0511. The average molecular weight is 206 g/mol. The molecule has 6 heteroatoms. The lowest BCUT2D eigenvalue weighted by Crippen LogP contribution is -1.90. The number of benzene rings is 1. The van der Waals surface area contributed by atoms with Crippen LogP contribution in [0.4, 0.5) is 5.69 Å². The van der Waals surface area contributed by atoms with Crippen LogP contribution in [0, 0.1) is 24.1 Å². The highest BCUT2D eigenvalue weighted by molar-refractivity contribution is 5.84. The number of nitrogens with zero attached hydrogens (tertiary/aromatic N) is 2. The van der Waals surface area contributed by atoms with Crippen LogP contribution >= 0.6 is 0 Å². The van der Waals surface area contributed by atoms with E-state index in [0.29, 0.717) is 22.6 Å². The van der Waals surface area contributed by atoms with Crippen molar-refractivity contribution >= 4 is 16.7 Å². The van der Waals surface area contributed by atoms with E-state index in [2.05, 4.69) is 17.1 Å². The summed E-state index contributed by atoms with van der Waals surface area (Å²) < 4.78 is 4.79. The number of H-pyrrole nitrogens is 1. The Labute approximate surface area is 85.0 Å². The van der Waals surface area contributed by atoms with Crippen molar-refractivity contribution in [3.63, 3.8) is 0 Å². The van der Waals surface area contributed by atoms with Gasteiger partial charge in [-0.1, -0.05) is 0 Å². The van der Waals surface area contributed by atoms with Crippen LogP contribution in [0.1, 0.15) is 5.82 Å². The van der Waals surface area contributed by atoms with E-state index in [1.165, 1.54) is 12.1 Å². The molecule has 0 bridgehead atoms. The zero-order chi connectivity index (χ0) is 11.0. The van der Waals surface area contributed by atoms with Gasteiger partial charge in [0.25, 0.3) is 5.69 Å².